The molecule has 0 spiro atoms. The molecule has 19 heavy (non-hydrogen) atoms. The van der Waals surface area contributed by atoms with Gasteiger partial charge in [0.1, 0.15) is 5.75 Å². The molecule has 0 unspecified atom stereocenters. The van der Waals surface area contributed by atoms with E-state index in [0.29, 0.717) is 17.9 Å². The number of aliphatic hydroxyl groups is 1. The van der Waals surface area contributed by atoms with Crippen LogP contribution in [0.4, 0.5) is 4.39 Å². The fourth-order valence-corrected chi connectivity index (χ4v) is 1.72. The molecule has 0 aromatic heterocycles. The Kier molecular flexibility index (Phi) is 4.49. The van der Waals surface area contributed by atoms with Crippen molar-refractivity contribution >= 4 is 0 Å². The first kappa shape index (κ1) is 13.5. The molecular weight excluding hydrogens is 247 g/mol. The Bertz CT molecular complexity index is 555. The third-order valence-corrected chi connectivity index (χ3v) is 2.62. The van der Waals surface area contributed by atoms with Crippen LogP contribution in [0.25, 0.3) is 0 Å². The highest BCUT2D eigenvalue weighted by atomic mass is 19.1. The third-order valence-electron chi connectivity index (χ3n) is 2.62. The second kappa shape index (κ2) is 6.31. The van der Waals surface area contributed by atoms with Crippen molar-refractivity contribution in [2.75, 3.05) is 7.11 Å². The summed E-state index contributed by atoms with van der Waals surface area (Å²) in [5.41, 5.74) is 1.46. The molecule has 1 N–H and O–H groups in total. The van der Waals surface area contributed by atoms with Crippen molar-refractivity contribution in [3.05, 3.63) is 59.4 Å². The Balaban J connectivity index is 2.18. The van der Waals surface area contributed by atoms with Gasteiger partial charge in [-0.25, -0.2) is 4.39 Å². The summed E-state index contributed by atoms with van der Waals surface area (Å²) in [5.74, 6) is 0.181. The highest BCUT2D eigenvalue weighted by molar-refractivity contribution is 5.36. The fraction of sp³-hybridized carbons (Fsp3) is 0.200. The summed E-state index contributed by atoms with van der Waals surface area (Å²) in [7, 11) is 1.61. The van der Waals surface area contributed by atoms with Gasteiger partial charge in [-0.15, -0.1) is 0 Å². The molecule has 2 aromatic rings. The van der Waals surface area contributed by atoms with Gasteiger partial charge < -0.3 is 14.6 Å². The predicted molar refractivity (Wildman–Crippen MR) is 69.6 cm³/mol. The molecule has 0 bridgehead atoms. The Morgan fingerprint density at radius 2 is 1.95 bits per heavy atom. The van der Waals surface area contributed by atoms with Gasteiger partial charge in [0.05, 0.1) is 13.2 Å². The van der Waals surface area contributed by atoms with Crippen LogP contribution in [0.3, 0.4) is 0 Å². The first-order valence-corrected chi connectivity index (χ1v) is 5.88. The quantitative estimate of drug-likeness (QED) is 0.898. The maximum Gasteiger partial charge on any atom is 0.166 e. The third kappa shape index (κ3) is 3.53. The van der Waals surface area contributed by atoms with E-state index in [2.05, 4.69) is 0 Å². The number of benzene rings is 2. The highest BCUT2D eigenvalue weighted by Gasteiger charge is 2.06. The summed E-state index contributed by atoms with van der Waals surface area (Å²) in [4.78, 5) is 0. The standard InChI is InChI=1S/C15H15FO3/c1-18-10-12-3-2-4-13(7-12)19-15-6-5-11(9-17)8-14(15)16/h2-8,17H,9-10H2,1H3. The molecule has 2 rings (SSSR count). The molecular formula is C15H15FO3. The zero-order valence-electron chi connectivity index (χ0n) is 10.6. The van der Waals surface area contributed by atoms with E-state index in [1.165, 1.54) is 12.1 Å². The summed E-state index contributed by atoms with van der Waals surface area (Å²) in [6, 6.07) is 11.7. The molecule has 0 aliphatic carbocycles. The molecule has 3 nitrogen and oxygen atoms in total. The molecule has 100 valence electrons. The van der Waals surface area contributed by atoms with Crippen LogP contribution in [0.5, 0.6) is 11.5 Å². The van der Waals surface area contributed by atoms with Gasteiger partial charge in [-0.3, -0.25) is 0 Å². The summed E-state index contributed by atoms with van der Waals surface area (Å²) < 4.78 is 24.2. The number of methoxy groups -OCH3 is 1. The van der Waals surface area contributed by atoms with Gasteiger partial charge in [-0.05, 0) is 35.4 Å². The minimum Gasteiger partial charge on any atom is -0.454 e. The van der Waals surface area contributed by atoms with Crippen LogP contribution in [0.1, 0.15) is 11.1 Å². The van der Waals surface area contributed by atoms with Crippen LogP contribution < -0.4 is 4.74 Å². The van der Waals surface area contributed by atoms with E-state index >= 15 is 0 Å². The summed E-state index contributed by atoms with van der Waals surface area (Å²) in [5, 5.41) is 8.92. The van der Waals surface area contributed by atoms with Crippen molar-refractivity contribution in [3.63, 3.8) is 0 Å². The van der Waals surface area contributed by atoms with Gasteiger partial charge in [0.2, 0.25) is 0 Å². The molecule has 0 aliphatic heterocycles. The second-order valence-electron chi connectivity index (χ2n) is 4.11. The van der Waals surface area contributed by atoms with Crippen LogP contribution in [0.2, 0.25) is 0 Å². The molecule has 0 saturated heterocycles. The Morgan fingerprint density at radius 3 is 2.63 bits per heavy atom. The second-order valence-corrected chi connectivity index (χ2v) is 4.11. The average molecular weight is 262 g/mol. The smallest absolute Gasteiger partial charge is 0.166 e. The highest BCUT2D eigenvalue weighted by Crippen LogP contribution is 2.26. The van der Waals surface area contributed by atoms with E-state index in [0.717, 1.165) is 5.56 Å². The van der Waals surface area contributed by atoms with Crippen molar-refractivity contribution in [2.24, 2.45) is 0 Å². The molecule has 2 aromatic carbocycles. The summed E-state index contributed by atoms with van der Waals surface area (Å²) in [6.07, 6.45) is 0. The van der Waals surface area contributed by atoms with Crippen molar-refractivity contribution in [1.29, 1.82) is 0 Å². The summed E-state index contributed by atoms with van der Waals surface area (Å²) in [6.45, 7) is 0.281. The maximum atomic E-state index is 13.7. The minimum absolute atomic E-state index is 0.131. The van der Waals surface area contributed by atoms with Crippen LogP contribution in [0, 0.1) is 5.82 Å². The number of aliphatic hydroxyl groups excluding tert-OH is 1. The first-order valence-electron chi connectivity index (χ1n) is 5.88. The number of ether oxygens (including phenoxy) is 2. The minimum atomic E-state index is -0.497. The van der Waals surface area contributed by atoms with Crippen LogP contribution >= 0.6 is 0 Å². The van der Waals surface area contributed by atoms with Crippen molar-refractivity contribution < 1.29 is 19.0 Å². The van der Waals surface area contributed by atoms with Gasteiger partial charge in [0, 0.05) is 7.11 Å². The zero-order valence-corrected chi connectivity index (χ0v) is 10.6. The normalized spacial score (nSPS) is 10.5. The van der Waals surface area contributed by atoms with Gasteiger partial charge in [0.15, 0.2) is 11.6 Å². The molecule has 0 radical (unpaired) electrons. The van der Waals surface area contributed by atoms with Gasteiger partial charge in [-0.2, -0.15) is 0 Å². The van der Waals surface area contributed by atoms with Gasteiger partial charge in [0.25, 0.3) is 0 Å². The van der Waals surface area contributed by atoms with Gasteiger partial charge >= 0.3 is 0 Å². The maximum absolute atomic E-state index is 13.7. The number of hydrogen-bond donors (Lipinski definition) is 1. The number of halogens is 1. The van der Waals surface area contributed by atoms with Crippen molar-refractivity contribution in [2.45, 2.75) is 13.2 Å². The van der Waals surface area contributed by atoms with Gasteiger partial charge in [-0.1, -0.05) is 18.2 Å². The first-order chi connectivity index (χ1) is 9.22. The predicted octanol–water partition coefficient (Wildman–Crippen LogP) is 3.26. The number of rotatable bonds is 5. The molecule has 0 fully saturated rings. The van der Waals surface area contributed by atoms with E-state index in [-0.39, 0.29) is 12.4 Å². The lowest BCUT2D eigenvalue weighted by Gasteiger charge is -2.09. The van der Waals surface area contributed by atoms with E-state index in [4.69, 9.17) is 14.6 Å². The van der Waals surface area contributed by atoms with E-state index in [1.807, 2.05) is 12.1 Å². The Morgan fingerprint density at radius 1 is 1.11 bits per heavy atom. The molecule has 0 amide bonds. The molecule has 0 atom stereocenters. The van der Waals surface area contributed by atoms with E-state index < -0.39 is 5.82 Å². The molecule has 0 saturated carbocycles. The van der Waals surface area contributed by atoms with Crippen LogP contribution in [-0.4, -0.2) is 12.2 Å². The molecule has 0 heterocycles. The largest absolute Gasteiger partial charge is 0.454 e. The summed E-state index contributed by atoms with van der Waals surface area (Å²) >= 11 is 0. The lowest BCUT2D eigenvalue weighted by molar-refractivity contribution is 0.184. The van der Waals surface area contributed by atoms with Crippen LogP contribution in [0.15, 0.2) is 42.5 Å². The Labute approximate surface area is 111 Å². The van der Waals surface area contributed by atoms with E-state index in [9.17, 15) is 4.39 Å². The molecule has 0 aliphatic rings. The van der Waals surface area contributed by atoms with Crippen molar-refractivity contribution in [1.82, 2.24) is 0 Å². The number of hydrogen-bond acceptors (Lipinski definition) is 3. The molecule has 4 heteroatoms. The lowest BCUT2D eigenvalue weighted by atomic mass is 10.2. The zero-order chi connectivity index (χ0) is 13.7. The van der Waals surface area contributed by atoms with Crippen molar-refractivity contribution in [3.8, 4) is 11.5 Å². The average Bonchev–Trinajstić information content (AvgIpc) is 2.42. The fourth-order valence-electron chi connectivity index (χ4n) is 1.72. The Hall–Kier alpha value is -1.91. The van der Waals surface area contributed by atoms with E-state index in [1.54, 1.807) is 25.3 Å². The topological polar surface area (TPSA) is 38.7 Å². The van der Waals surface area contributed by atoms with Crippen LogP contribution in [-0.2, 0) is 18.0 Å². The SMILES string of the molecule is COCc1cccc(Oc2ccc(CO)cc2F)c1. The monoisotopic (exact) mass is 262 g/mol. The lowest BCUT2D eigenvalue weighted by Crippen LogP contribution is -1.93.